The van der Waals surface area contributed by atoms with E-state index in [2.05, 4.69) is 10.3 Å². The number of para-hydroxylation sites is 1. The summed E-state index contributed by atoms with van der Waals surface area (Å²) < 4.78 is 18.4. The Hall–Kier alpha value is -2.62. The highest BCUT2D eigenvalue weighted by molar-refractivity contribution is 5.82. The molecule has 21 heavy (non-hydrogen) atoms. The van der Waals surface area contributed by atoms with Gasteiger partial charge in [-0.2, -0.15) is 0 Å². The first-order valence-corrected chi connectivity index (χ1v) is 6.68. The highest BCUT2D eigenvalue weighted by Gasteiger charge is 2.05. The van der Waals surface area contributed by atoms with Crippen LogP contribution in [0.25, 0.3) is 10.9 Å². The van der Waals surface area contributed by atoms with Crippen molar-refractivity contribution in [1.29, 1.82) is 0 Å². The van der Waals surface area contributed by atoms with Crippen molar-refractivity contribution in [3.05, 3.63) is 66.1 Å². The van der Waals surface area contributed by atoms with Gasteiger partial charge in [0.25, 0.3) is 0 Å². The molecule has 0 amide bonds. The maximum absolute atomic E-state index is 13.4. The molecule has 0 saturated heterocycles. The zero-order valence-corrected chi connectivity index (χ0v) is 11.6. The third-order valence-corrected chi connectivity index (χ3v) is 3.37. The van der Waals surface area contributed by atoms with Crippen LogP contribution >= 0.6 is 0 Å². The molecule has 0 aliphatic heterocycles. The van der Waals surface area contributed by atoms with Crippen LogP contribution in [0.3, 0.4) is 0 Å². The van der Waals surface area contributed by atoms with E-state index in [-0.39, 0.29) is 11.6 Å². The summed E-state index contributed by atoms with van der Waals surface area (Å²) in [5, 5.41) is 4.39. The van der Waals surface area contributed by atoms with Crippen LogP contribution in [-0.2, 0) is 6.54 Å². The minimum Gasteiger partial charge on any atom is -0.494 e. The molecule has 1 aromatic heterocycles. The predicted molar refractivity (Wildman–Crippen MR) is 82.0 cm³/mol. The summed E-state index contributed by atoms with van der Waals surface area (Å²) >= 11 is 0. The number of hydrogen-bond donors (Lipinski definition) is 1. The van der Waals surface area contributed by atoms with E-state index in [0.717, 1.165) is 22.2 Å². The smallest absolute Gasteiger partial charge is 0.165 e. The van der Waals surface area contributed by atoms with Gasteiger partial charge in [-0.3, -0.25) is 4.98 Å². The fraction of sp³-hybridized carbons (Fsp3) is 0.118. The van der Waals surface area contributed by atoms with Crippen LogP contribution in [0.15, 0.2) is 54.7 Å². The van der Waals surface area contributed by atoms with E-state index in [1.807, 2.05) is 30.3 Å². The third-order valence-electron chi connectivity index (χ3n) is 3.37. The average Bonchev–Trinajstić information content (AvgIpc) is 2.54. The van der Waals surface area contributed by atoms with E-state index in [0.29, 0.717) is 6.54 Å². The molecular formula is C17H15FN2O. The Morgan fingerprint density at radius 1 is 1.14 bits per heavy atom. The Morgan fingerprint density at radius 2 is 2.00 bits per heavy atom. The molecule has 0 atom stereocenters. The molecule has 3 nitrogen and oxygen atoms in total. The number of nitrogens with one attached hydrogen (secondary N) is 1. The fourth-order valence-electron chi connectivity index (χ4n) is 2.28. The lowest BCUT2D eigenvalue weighted by Crippen LogP contribution is -2.01. The number of aromatic nitrogens is 1. The Bertz CT molecular complexity index is 768. The first-order chi connectivity index (χ1) is 10.3. The van der Waals surface area contributed by atoms with Crippen LogP contribution < -0.4 is 10.1 Å². The molecular weight excluding hydrogens is 267 g/mol. The number of rotatable bonds is 4. The molecule has 3 aromatic rings. The second kappa shape index (κ2) is 5.79. The fourth-order valence-corrected chi connectivity index (χ4v) is 2.28. The number of pyridine rings is 1. The Kier molecular flexibility index (Phi) is 3.69. The minimum absolute atomic E-state index is 0.236. The number of fused-ring (bicyclic) bond motifs is 1. The van der Waals surface area contributed by atoms with Crippen LogP contribution in [-0.4, -0.2) is 12.1 Å². The number of halogens is 1. The first kappa shape index (κ1) is 13.4. The van der Waals surface area contributed by atoms with Crippen molar-refractivity contribution in [2.24, 2.45) is 0 Å². The van der Waals surface area contributed by atoms with Gasteiger partial charge in [0.2, 0.25) is 0 Å². The van der Waals surface area contributed by atoms with Gasteiger partial charge in [0.1, 0.15) is 0 Å². The van der Waals surface area contributed by atoms with Gasteiger partial charge in [-0.15, -0.1) is 0 Å². The predicted octanol–water partition coefficient (Wildman–Crippen LogP) is 3.99. The van der Waals surface area contributed by atoms with E-state index in [9.17, 15) is 4.39 Å². The van der Waals surface area contributed by atoms with Crippen molar-refractivity contribution in [1.82, 2.24) is 4.98 Å². The van der Waals surface area contributed by atoms with Crippen LogP contribution in [0.5, 0.6) is 5.75 Å². The molecule has 2 aromatic carbocycles. The molecule has 0 bridgehead atoms. The number of anilines is 1. The summed E-state index contributed by atoms with van der Waals surface area (Å²) in [5.74, 6) is -0.128. The van der Waals surface area contributed by atoms with Crippen LogP contribution in [0, 0.1) is 5.82 Å². The highest BCUT2D eigenvalue weighted by atomic mass is 19.1. The minimum atomic E-state index is -0.364. The molecule has 3 rings (SSSR count). The molecule has 4 heteroatoms. The Morgan fingerprint density at radius 3 is 2.86 bits per heavy atom. The van der Waals surface area contributed by atoms with Crippen molar-refractivity contribution in [2.45, 2.75) is 6.54 Å². The van der Waals surface area contributed by atoms with E-state index in [1.54, 1.807) is 18.3 Å². The van der Waals surface area contributed by atoms with Crippen molar-refractivity contribution < 1.29 is 9.13 Å². The van der Waals surface area contributed by atoms with Gasteiger partial charge in [-0.1, -0.05) is 18.2 Å². The van der Waals surface area contributed by atoms with E-state index < -0.39 is 0 Å². The summed E-state index contributed by atoms with van der Waals surface area (Å²) in [6.07, 6.45) is 1.80. The van der Waals surface area contributed by atoms with E-state index in [4.69, 9.17) is 4.74 Å². The summed E-state index contributed by atoms with van der Waals surface area (Å²) in [6.45, 7) is 0.637. The normalized spacial score (nSPS) is 10.6. The van der Waals surface area contributed by atoms with Crippen LogP contribution in [0.2, 0.25) is 0 Å². The van der Waals surface area contributed by atoms with Crippen molar-refractivity contribution >= 4 is 16.6 Å². The van der Waals surface area contributed by atoms with Crippen molar-refractivity contribution in [3.8, 4) is 5.75 Å². The maximum Gasteiger partial charge on any atom is 0.165 e. The van der Waals surface area contributed by atoms with Gasteiger partial charge in [0.15, 0.2) is 11.6 Å². The zero-order valence-electron chi connectivity index (χ0n) is 11.6. The summed E-state index contributed by atoms with van der Waals surface area (Å²) in [6, 6.07) is 14.7. The van der Waals surface area contributed by atoms with Crippen molar-refractivity contribution in [3.63, 3.8) is 0 Å². The molecule has 0 fully saturated rings. The lowest BCUT2D eigenvalue weighted by Gasteiger charge is -2.10. The zero-order chi connectivity index (χ0) is 14.7. The van der Waals surface area contributed by atoms with Gasteiger partial charge in [-0.05, 0) is 29.8 Å². The second-order valence-electron chi connectivity index (χ2n) is 4.69. The topological polar surface area (TPSA) is 34.1 Å². The standard InChI is InChI=1S/C17H15FN2O/c1-21-17-10-13(6-7-15(17)18)20-11-12-8-9-19-16-5-3-2-4-14(12)16/h2-10,20H,11H2,1H3. The lowest BCUT2D eigenvalue weighted by atomic mass is 10.1. The van der Waals surface area contributed by atoms with Crippen LogP contribution in [0.4, 0.5) is 10.1 Å². The number of ether oxygens (including phenoxy) is 1. The molecule has 0 unspecified atom stereocenters. The number of benzene rings is 2. The molecule has 0 spiro atoms. The Labute approximate surface area is 122 Å². The van der Waals surface area contributed by atoms with Crippen LogP contribution in [0.1, 0.15) is 5.56 Å². The Balaban J connectivity index is 1.83. The summed E-state index contributed by atoms with van der Waals surface area (Å²) in [4.78, 5) is 4.34. The molecule has 0 aliphatic rings. The van der Waals surface area contributed by atoms with Gasteiger partial charge in [0, 0.05) is 29.9 Å². The van der Waals surface area contributed by atoms with Gasteiger partial charge >= 0.3 is 0 Å². The van der Waals surface area contributed by atoms with E-state index in [1.165, 1.54) is 13.2 Å². The second-order valence-corrected chi connectivity index (χ2v) is 4.69. The van der Waals surface area contributed by atoms with Crippen molar-refractivity contribution in [2.75, 3.05) is 12.4 Å². The lowest BCUT2D eigenvalue weighted by molar-refractivity contribution is 0.387. The molecule has 0 radical (unpaired) electrons. The largest absolute Gasteiger partial charge is 0.494 e. The van der Waals surface area contributed by atoms with Gasteiger partial charge in [-0.25, -0.2) is 4.39 Å². The number of methoxy groups -OCH3 is 1. The number of hydrogen-bond acceptors (Lipinski definition) is 3. The van der Waals surface area contributed by atoms with Gasteiger partial charge in [0.05, 0.1) is 12.6 Å². The quantitative estimate of drug-likeness (QED) is 0.785. The van der Waals surface area contributed by atoms with E-state index >= 15 is 0 Å². The summed E-state index contributed by atoms with van der Waals surface area (Å²) in [5.41, 5.74) is 2.92. The molecule has 0 aliphatic carbocycles. The maximum atomic E-state index is 13.4. The van der Waals surface area contributed by atoms with Gasteiger partial charge < -0.3 is 10.1 Å². The molecule has 1 heterocycles. The monoisotopic (exact) mass is 282 g/mol. The third kappa shape index (κ3) is 2.79. The number of nitrogens with zero attached hydrogens (tertiary/aromatic N) is 1. The molecule has 106 valence electrons. The first-order valence-electron chi connectivity index (χ1n) is 6.68. The SMILES string of the molecule is COc1cc(NCc2ccnc3ccccc23)ccc1F. The molecule has 1 N–H and O–H groups in total. The average molecular weight is 282 g/mol. The highest BCUT2D eigenvalue weighted by Crippen LogP contribution is 2.23. The summed E-state index contributed by atoms with van der Waals surface area (Å²) in [7, 11) is 1.46. The molecule has 0 saturated carbocycles.